The van der Waals surface area contributed by atoms with E-state index >= 15 is 0 Å². The summed E-state index contributed by atoms with van der Waals surface area (Å²) in [6, 6.07) is 10.1. The third-order valence-electron chi connectivity index (χ3n) is 4.12. The van der Waals surface area contributed by atoms with Crippen LogP contribution in [0.1, 0.15) is 6.42 Å². The zero-order valence-corrected chi connectivity index (χ0v) is 17.2. The third kappa shape index (κ3) is 5.35. The first-order valence-electron chi connectivity index (χ1n) is 8.61. The number of sulfonamides is 1. The second kappa shape index (κ2) is 9.41. The Kier molecular flexibility index (Phi) is 7.49. The molecule has 0 aliphatic carbocycles. The number of carbonyl (C=O) groups excluding carboxylic acids is 1. The maximum atomic E-state index is 12.7. The fraction of sp³-hybridized carbons (Fsp3) is 0.389. The lowest BCUT2D eigenvalue weighted by Crippen LogP contribution is -2.43. The summed E-state index contributed by atoms with van der Waals surface area (Å²) in [5.74, 6) is 0.195. The molecule has 4 N–H and O–H groups in total. The molecule has 0 spiro atoms. The molecular weight excluding hydrogens is 384 g/mol. The van der Waals surface area contributed by atoms with Crippen molar-refractivity contribution in [1.29, 1.82) is 0 Å². The Morgan fingerprint density at radius 2 is 1.81 bits per heavy atom. The summed E-state index contributed by atoms with van der Waals surface area (Å²) in [7, 11) is 0.103. The lowest BCUT2D eigenvalue weighted by molar-refractivity contribution is -0.122. The molecule has 2 aromatic carbocycles. The molecule has 0 bridgehead atoms. The van der Waals surface area contributed by atoms with Crippen LogP contribution >= 0.6 is 12.6 Å². The SMILES string of the molecule is CN(C)c1cccc2c(S(=O)(=O)NCCNC(=O)[C@@H](N)CCS)cccc12. The topological polar surface area (TPSA) is 105 Å². The zero-order chi connectivity index (χ0) is 20.0. The Labute approximate surface area is 165 Å². The summed E-state index contributed by atoms with van der Waals surface area (Å²) in [6.07, 6.45) is 0.463. The van der Waals surface area contributed by atoms with Crippen molar-refractivity contribution in [2.45, 2.75) is 17.4 Å². The van der Waals surface area contributed by atoms with Gasteiger partial charge in [-0.25, -0.2) is 13.1 Å². The van der Waals surface area contributed by atoms with Crippen LogP contribution in [0.15, 0.2) is 41.3 Å². The van der Waals surface area contributed by atoms with E-state index in [-0.39, 0.29) is 23.9 Å². The van der Waals surface area contributed by atoms with E-state index in [0.29, 0.717) is 17.6 Å². The number of nitrogens with two attached hydrogens (primary N) is 1. The standard InChI is InChI=1S/C18H26N4O3S2/c1-22(2)16-7-3-6-14-13(16)5-4-8-17(14)27(24,25)21-11-10-20-18(23)15(19)9-12-26/h3-8,15,21,26H,9-12,19H2,1-2H3,(H,20,23)/t15-/m0/s1. The van der Waals surface area contributed by atoms with E-state index in [0.717, 1.165) is 11.1 Å². The number of nitrogens with zero attached hydrogens (tertiary/aromatic N) is 1. The lowest BCUT2D eigenvalue weighted by Gasteiger charge is -2.17. The Morgan fingerprint density at radius 3 is 2.48 bits per heavy atom. The van der Waals surface area contributed by atoms with Crippen molar-refractivity contribution < 1.29 is 13.2 Å². The maximum Gasteiger partial charge on any atom is 0.241 e. The molecule has 7 nitrogen and oxygen atoms in total. The molecule has 0 radical (unpaired) electrons. The molecule has 1 amide bonds. The van der Waals surface area contributed by atoms with Gasteiger partial charge in [-0.15, -0.1) is 0 Å². The molecule has 0 saturated carbocycles. The fourth-order valence-corrected chi connectivity index (χ4v) is 4.27. The molecule has 2 aromatic rings. The van der Waals surface area contributed by atoms with Gasteiger partial charge in [0.15, 0.2) is 0 Å². The van der Waals surface area contributed by atoms with Crippen molar-refractivity contribution in [3.63, 3.8) is 0 Å². The van der Waals surface area contributed by atoms with Crippen LogP contribution in [0.5, 0.6) is 0 Å². The minimum absolute atomic E-state index is 0.0748. The molecular formula is C18H26N4O3S2. The fourth-order valence-electron chi connectivity index (χ4n) is 2.74. The van der Waals surface area contributed by atoms with E-state index in [4.69, 9.17) is 5.73 Å². The summed E-state index contributed by atoms with van der Waals surface area (Å²) in [5.41, 5.74) is 6.62. The molecule has 0 heterocycles. The van der Waals surface area contributed by atoms with Crippen LogP contribution in [-0.4, -0.2) is 53.3 Å². The minimum Gasteiger partial charge on any atom is -0.377 e. The summed E-state index contributed by atoms with van der Waals surface area (Å²) in [4.78, 5) is 13.9. The first-order valence-corrected chi connectivity index (χ1v) is 10.7. The second-order valence-corrected chi connectivity index (χ2v) is 8.51. The van der Waals surface area contributed by atoms with Crippen molar-refractivity contribution in [1.82, 2.24) is 10.0 Å². The summed E-state index contributed by atoms with van der Waals surface area (Å²) in [6.45, 7) is 0.234. The monoisotopic (exact) mass is 410 g/mol. The predicted molar refractivity (Wildman–Crippen MR) is 113 cm³/mol. The van der Waals surface area contributed by atoms with Gasteiger partial charge in [-0.05, 0) is 24.3 Å². The van der Waals surface area contributed by atoms with Gasteiger partial charge in [-0.2, -0.15) is 12.6 Å². The van der Waals surface area contributed by atoms with Gasteiger partial charge in [0.2, 0.25) is 15.9 Å². The predicted octanol–water partition coefficient (Wildman–Crippen LogP) is 0.948. The second-order valence-electron chi connectivity index (χ2n) is 6.33. The highest BCUT2D eigenvalue weighted by atomic mass is 32.2. The molecule has 1 atom stereocenters. The van der Waals surface area contributed by atoms with Crippen LogP contribution in [0.25, 0.3) is 10.8 Å². The quantitative estimate of drug-likeness (QED) is 0.364. The van der Waals surface area contributed by atoms with E-state index in [9.17, 15) is 13.2 Å². The van der Waals surface area contributed by atoms with Gasteiger partial charge in [0, 0.05) is 43.6 Å². The molecule has 0 aliphatic heterocycles. The number of nitrogens with one attached hydrogen (secondary N) is 2. The summed E-state index contributed by atoms with van der Waals surface area (Å²) < 4.78 is 28.0. The molecule has 9 heteroatoms. The first-order chi connectivity index (χ1) is 12.8. The smallest absolute Gasteiger partial charge is 0.241 e. The molecule has 0 aromatic heterocycles. The minimum atomic E-state index is -3.72. The van der Waals surface area contributed by atoms with Crippen molar-refractivity contribution in [3.8, 4) is 0 Å². The Hall–Kier alpha value is -1.81. The van der Waals surface area contributed by atoms with Crippen molar-refractivity contribution in [2.75, 3.05) is 37.8 Å². The largest absolute Gasteiger partial charge is 0.377 e. The molecule has 2 rings (SSSR count). The molecule has 0 aliphatic rings. The number of amides is 1. The molecule has 0 saturated heterocycles. The Balaban J connectivity index is 2.11. The van der Waals surface area contributed by atoms with Crippen molar-refractivity contribution >= 4 is 45.0 Å². The van der Waals surface area contributed by atoms with E-state index in [1.54, 1.807) is 18.2 Å². The highest BCUT2D eigenvalue weighted by Gasteiger charge is 2.18. The van der Waals surface area contributed by atoms with Gasteiger partial charge < -0.3 is 16.0 Å². The summed E-state index contributed by atoms with van der Waals surface area (Å²) >= 11 is 4.04. The Morgan fingerprint density at radius 1 is 1.15 bits per heavy atom. The van der Waals surface area contributed by atoms with Gasteiger partial charge in [0.05, 0.1) is 10.9 Å². The highest BCUT2D eigenvalue weighted by molar-refractivity contribution is 7.89. The average molecular weight is 411 g/mol. The first kappa shape index (κ1) is 21.5. The number of rotatable bonds is 9. The molecule has 27 heavy (non-hydrogen) atoms. The maximum absolute atomic E-state index is 12.7. The highest BCUT2D eigenvalue weighted by Crippen LogP contribution is 2.29. The molecule has 0 unspecified atom stereocenters. The number of benzene rings is 2. The average Bonchev–Trinajstić information content (AvgIpc) is 2.64. The zero-order valence-electron chi connectivity index (χ0n) is 15.5. The van der Waals surface area contributed by atoms with Gasteiger partial charge in [-0.3, -0.25) is 4.79 Å². The number of hydrogen-bond acceptors (Lipinski definition) is 6. The number of hydrogen-bond donors (Lipinski definition) is 4. The van der Waals surface area contributed by atoms with Crippen LogP contribution in [-0.2, 0) is 14.8 Å². The van der Waals surface area contributed by atoms with Crippen LogP contribution in [0.2, 0.25) is 0 Å². The van der Waals surface area contributed by atoms with Crippen LogP contribution < -0.4 is 20.7 Å². The van der Waals surface area contributed by atoms with E-state index in [1.165, 1.54) is 0 Å². The molecule has 148 valence electrons. The lowest BCUT2D eigenvalue weighted by atomic mass is 10.1. The number of fused-ring (bicyclic) bond motifs is 1. The van der Waals surface area contributed by atoms with Gasteiger partial charge in [0.25, 0.3) is 0 Å². The van der Waals surface area contributed by atoms with Gasteiger partial charge in [-0.1, -0.05) is 24.3 Å². The summed E-state index contributed by atoms with van der Waals surface area (Å²) in [5, 5.41) is 4.13. The van der Waals surface area contributed by atoms with Crippen LogP contribution in [0.4, 0.5) is 5.69 Å². The third-order valence-corrected chi connectivity index (χ3v) is 5.90. The van der Waals surface area contributed by atoms with Gasteiger partial charge in [0.1, 0.15) is 0 Å². The molecule has 0 fully saturated rings. The normalized spacial score (nSPS) is 12.7. The Bertz CT molecular complexity index is 901. The van der Waals surface area contributed by atoms with E-state index in [2.05, 4.69) is 22.7 Å². The van der Waals surface area contributed by atoms with Crippen LogP contribution in [0, 0.1) is 0 Å². The van der Waals surface area contributed by atoms with E-state index in [1.807, 2.05) is 37.2 Å². The van der Waals surface area contributed by atoms with Gasteiger partial charge >= 0.3 is 0 Å². The van der Waals surface area contributed by atoms with E-state index < -0.39 is 16.1 Å². The van der Waals surface area contributed by atoms with Crippen LogP contribution in [0.3, 0.4) is 0 Å². The van der Waals surface area contributed by atoms with Crippen molar-refractivity contribution in [3.05, 3.63) is 36.4 Å². The van der Waals surface area contributed by atoms with Crippen molar-refractivity contribution in [2.24, 2.45) is 5.73 Å². The number of anilines is 1. The number of thiol groups is 1. The number of carbonyl (C=O) groups is 1.